The molecule has 5 rings (SSSR count). The third-order valence-electron chi connectivity index (χ3n) is 6.85. The minimum atomic E-state index is -0.155. The summed E-state index contributed by atoms with van der Waals surface area (Å²) in [6.45, 7) is 4.54. The van der Waals surface area contributed by atoms with Crippen LogP contribution in [-0.4, -0.2) is 14.0 Å². The second-order valence-electron chi connectivity index (χ2n) is 8.64. The maximum atomic E-state index is 13.0. The van der Waals surface area contributed by atoms with Gasteiger partial charge >= 0.3 is 0 Å². The monoisotopic (exact) mass is 465 g/mol. The van der Waals surface area contributed by atoms with Gasteiger partial charge in [0.25, 0.3) is 5.56 Å². The van der Waals surface area contributed by atoms with Crippen molar-refractivity contribution >= 4 is 43.6 Å². The Morgan fingerprint density at radius 2 is 1.90 bits per heavy atom. The first-order valence-corrected chi connectivity index (χ1v) is 12.1. The highest BCUT2D eigenvalue weighted by atomic mass is 79.9. The molecule has 1 aliphatic carbocycles. The first kappa shape index (κ1) is 19.8. The fourth-order valence-electron chi connectivity index (χ4n) is 5.38. The van der Waals surface area contributed by atoms with Crippen molar-refractivity contribution in [2.45, 2.75) is 70.8 Å². The molecule has 0 amide bonds. The van der Waals surface area contributed by atoms with Crippen LogP contribution < -0.4 is 5.56 Å². The largest absolute Gasteiger partial charge is 0.306 e. The smallest absolute Gasteiger partial charge is 0.283 e. The van der Waals surface area contributed by atoms with Gasteiger partial charge in [0.2, 0.25) is 5.78 Å². The summed E-state index contributed by atoms with van der Waals surface area (Å²) in [5, 5.41) is 0.655. The summed E-state index contributed by atoms with van der Waals surface area (Å²) in [6.07, 6.45) is 8.34. The van der Waals surface area contributed by atoms with Crippen molar-refractivity contribution in [1.29, 1.82) is 0 Å². The fraction of sp³-hybridized carbons (Fsp3) is 0.440. The van der Waals surface area contributed by atoms with Crippen molar-refractivity contribution in [3.05, 3.63) is 56.8 Å². The molecule has 4 nitrogen and oxygen atoms in total. The predicted molar refractivity (Wildman–Crippen MR) is 128 cm³/mol. The second-order valence-corrected chi connectivity index (χ2v) is 9.49. The van der Waals surface area contributed by atoms with E-state index in [1.165, 1.54) is 36.8 Å². The number of fused-ring (bicyclic) bond motifs is 5. The molecule has 0 radical (unpaired) electrons. The van der Waals surface area contributed by atoms with Crippen LogP contribution in [0.1, 0.15) is 76.3 Å². The lowest BCUT2D eigenvalue weighted by Gasteiger charge is -2.17. The number of halogens is 1. The van der Waals surface area contributed by atoms with E-state index in [0.717, 1.165) is 40.5 Å². The van der Waals surface area contributed by atoms with E-state index in [9.17, 15) is 4.79 Å². The van der Waals surface area contributed by atoms with Crippen molar-refractivity contribution < 1.29 is 0 Å². The van der Waals surface area contributed by atoms with Gasteiger partial charge in [0, 0.05) is 10.5 Å². The Labute approximate surface area is 185 Å². The third kappa shape index (κ3) is 3.01. The minimum Gasteiger partial charge on any atom is -0.306 e. The number of hydrogen-bond acceptors (Lipinski definition) is 2. The van der Waals surface area contributed by atoms with E-state index in [-0.39, 0.29) is 5.56 Å². The van der Waals surface area contributed by atoms with Gasteiger partial charge in [0.15, 0.2) is 0 Å². The van der Waals surface area contributed by atoms with Crippen LogP contribution in [0, 0.1) is 0 Å². The van der Waals surface area contributed by atoms with Crippen LogP contribution in [-0.2, 0) is 0 Å². The molecule has 2 aromatic heterocycles. The minimum absolute atomic E-state index is 0.155. The van der Waals surface area contributed by atoms with Crippen molar-refractivity contribution in [3.8, 4) is 0 Å². The molecule has 0 bridgehead atoms. The van der Waals surface area contributed by atoms with Gasteiger partial charge in [-0.3, -0.25) is 9.20 Å². The van der Waals surface area contributed by atoms with Crippen LogP contribution in [0.25, 0.3) is 27.7 Å². The average Bonchev–Trinajstić information content (AvgIpc) is 3.37. The summed E-state index contributed by atoms with van der Waals surface area (Å²) < 4.78 is 5.37. The highest BCUT2D eigenvalue weighted by Crippen LogP contribution is 2.37. The Hall–Kier alpha value is -2.14. The molecule has 0 aliphatic heterocycles. The number of rotatable bonds is 5. The molecule has 30 heavy (non-hydrogen) atoms. The van der Waals surface area contributed by atoms with E-state index in [1.807, 2.05) is 18.2 Å². The predicted octanol–water partition coefficient (Wildman–Crippen LogP) is 6.97. The molecule has 1 saturated carbocycles. The molecule has 5 heteroatoms. The highest BCUT2D eigenvalue weighted by Gasteiger charge is 2.25. The molecular weight excluding hydrogens is 438 g/mol. The molecule has 1 atom stereocenters. The van der Waals surface area contributed by atoms with Crippen molar-refractivity contribution in [1.82, 2.24) is 14.0 Å². The normalized spacial score (nSPS) is 16.2. The van der Waals surface area contributed by atoms with Gasteiger partial charge in [-0.05, 0) is 77.4 Å². The Morgan fingerprint density at radius 1 is 1.10 bits per heavy atom. The van der Waals surface area contributed by atoms with Crippen LogP contribution in [0.15, 0.2) is 45.7 Å². The van der Waals surface area contributed by atoms with Crippen molar-refractivity contribution in [2.24, 2.45) is 0 Å². The molecule has 156 valence electrons. The Bertz CT molecular complexity index is 1300. The lowest BCUT2D eigenvalue weighted by atomic mass is 9.92. The van der Waals surface area contributed by atoms with Crippen LogP contribution in [0.4, 0.5) is 0 Å². The standard InChI is InChI=1S/C25H28BrN3O/c1-3-8-16(4-2)17-13-14-20-22(15-17)28(18-9-5-6-10-18)25-27-24(30)23-19(26)11-7-12-21(23)29(20)25/h7,11-16,18H,3-6,8-10H2,1-2H3. The van der Waals surface area contributed by atoms with Gasteiger partial charge in [0.05, 0.1) is 21.9 Å². The molecule has 0 spiro atoms. The van der Waals surface area contributed by atoms with E-state index < -0.39 is 0 Å². The SMILES string of the molecule is CCCC(CC)c1ccc2c(c1)n(C1CCCC1)c1nc(=O)c3c(Br)cccc3n21. The first-order valence-electron chi connectivity index (χ1n) is 11.3. The Morgan fingerprint density at radius 3 is 2.63 bits per heavy atom. The van der Waals surface area contributed by atoms with E-state index >= 15 is 0 Å². The summed E-state index contributed by atoms with van der Waals surface area (Å²) in [5.41, 5.74) is 4.53. The number of hydrogen-bond donors (Lipinski definition) is 0. The number of nitrogens with zero attached hydrogens (tertiary/aromatic N) is 3. The zero-order chi connectivity index (χ0) is 20.8. The summed E-state index contributed by atoms with van der Waals surface area (Å²) in [4.78, 5) is 17.6. The average molecular weight is 466 g/mol. The van der Waals surface area contributed by atoms with Crippen LogP contribution in [0.5, 0.6) is 0 Å². The summed E-state index contributed by atoms with van der Waals surface area (Å²) in [5.74, 6) is 1.36. The van der Waals surface area contributed by atoms with Crippen molar-refractivity contribution in [2.75, 3.05) is 0 Å². The van der Waals surface area contributed by atoms with Gasteiger partial charge in [-0.2, -0.15) is 4.98 Å². The molecule has 0 N–H and O–H groups in total. The molecular formula is C25H28BrN3O. The van der Waals surface area contributed by atoms with E-state index in [0.29, 0.717) is 17.3 Å². The number of aromatic nitrogens is 3. The molecule has 1 aliphatic rings. The van der Waals surface area contributed by atoms with Gasteiger partial charge in [0.1, 0.15) is 0 Å². The zero-order valence-corrected chi connectivity index (χ0v) is 19.3. The maximum absolute atomic E-state index is 13.0. The van der Waals surface area contributed by atoms with Crippen molar-refractivity contribution in [3.63, 3.8) is 0 Å². The maximum Gasteiger partial charge on any atom is 0.283 e. The van der Waals surface area contributed by atoms with Gasteiger partial charge < -0.3 is 4.57 Å². The first-order chi connectivity index (χ1) is 14.6. The Balaban J connectivity index is 1.90. The summed E-state index contributed by atoms with van der Waals surface area (Å²) in [7, 11) is 0. The van der Waals surface area contributed by atoms with Crippen LogP contribution in [0.3, 0.4) is 0 Å². The summed E-state index contributed by atoms with van der Waals surface area (Å²) in [6, 6.07) is 13.3. The lowest BCUT2D eigenvalue weighted by molar-refractivity contribution is 0.542. The second kappa shape index (κ2) is 7.84. The zero-order valence-electron chi connectivity index (χ0n) is 17.7. The fourth-order valence-corrected chi connectivity index (χ4v) is 5.90. The van der Waals surface area contributed by atoms with E-state index in [4.69, 9.17) is 0 Å². The highest BCUT2D eigenvalue weighted by molar-refractivity contribution is 9.10. The number of benzene rings is 2. The number of imidazole rings is 1. The van der Waals surface area contributed by atoms with E-state index in [1.54, 1.807) is 0 Å². The van der Waals surface area contributed by atoms with Crippen LogP contribution in [0.2, 0.25) is 0 Å². The molecule has 0 saturated heterocycles. The topological polar surface area (TPSA) is 39.3 Å². The molecule has 1 fully saturated rings. The molecule has 4 aromatic rings. The lowest BCUT2D eigenvalue weighted by Crippen LogP contribution is -2.14. The van der Waals surface area contributed by atoms with Gasteiger partial charge in [-0.15, -0.1) is 0 Å². The molecule has 2 aromatic carbocycles. The van der Waals surface area contributed by atoms with Gasteiger partial charge in [-0.1, -0.05) is 45.2 Å². The molecule has 2 heterocycles. The van der Waals surface area contributed by atoms with E-state index in [2.05, 4.69) is 61.9 Å². The quantitative estimate of drug-likeness (QED) is 0.319. The van der Waals surface area contributed by atoms with Gasteiger partial charge in [-0.25, -0.2) is 0 Å². The van der Waals surface area contributed by atoms with Crippen LogP contribution >= 0.6 is 15.9 Å². The Kier molecular flexibility index (Phi) is 5.18. The molecule has 1 unspecified atom stereocenters. The third-order valence-corrected chi connectivity index (χ3v) is 7.52. The summed E-state index contributed by atoms with van der Waals surface area (Å²) >= 11 is 3.57.